The quantitative estimate of drug-likeness (QED) is 0.411. The van der Waals surface area contributed by atoms with Gasteiger partial charge in [-0.25, -0.2) is 8.78 Å². The number of benzene rings is 4. The molecule has 0 saturated carbocycles. The second kappa shape index (κ2) is 7.13. The molecule has 0 unspecified atom stereocenters. The third-order valence-corrected chi connectivity index (χ3v) is 5.05. The van der Waals surface area contributed by atoms with E-state index < -0.39 is 11.6 Å². The Hall–Kier alpha value is -3.11. The second-order valence-corrected chi connectivity index (χ2v) is 6.69. The first kappa shape index (κ1) is 18.3. The van der Waals surface area contributed by atoms with Crippen molar-refractivity contribution in [3.8, 4) is 33.8 Å². The first-order chi connectivity index (χ1) is 13.5. The van der Waals surface area contributed by atoms with Crippen molar-refractivity contribution in [2.45, 2.75) is 0 Å². The molecule has 0 amide bonds. The molecule has 0 radical (unpaired) electrons. The smallest absolute Gasteiger partial charge is 0.142 e. The van der Waals surface area contributed by atoms with Crippen molar-refractivity contribution < 1.29 is 18.6 Å². The number of para-hydroxylation sites is 2. The number of phenolic OH excluding ortho intramolecular Hbond substituents is 1. The second-order valence-electron chi connectivity index (χ2n) is 6.29. The molecule has 28 heavy (non-hydrogen) atoms. The van der Waals surface area contributed by atoms with Crippen LogP contribution in [-0.4, -0.2) is 12.2 Å². The van der Waals surface area contributed by atoms with E-state index >= 15 is 8.78 Å². The van der Waals surface area contributed by atoms with Crippen molar-refractivity contribution >= 4 is 22.4 Å². The Morgan fingerprint density at radius 3 is 1.93 bits per heavy atom. The standard InChI is InChI=1S/C23H15ClF2O2/c1-28-20-8-3-2-5-13(20)14-9-10-16-15(21(14)25)11-12-17(22(16)26)18-6-4-7-19(24)23(18)27/h2-12,27H,1H3. The molecule has 4 rings (SSSR count). The highest BCUT2D eigenvalue weighted by atomic mass is 35.5. The Kier molecular flexibility index (Phi) is 4.65. The van der Waals surface area contributed by atoms with E-state index in [1.165, 1.54) is 37.4 Å². The fourth-order valence-electron chi connectivity index (χ4n) is 3.35. The average molecular weight is 397 g/mol. The third-order valence-electron chi connectivity index (χ3n) is 4.74. The lowest BCUT2D eigenvalue weighted by Gasteiger charge is -2.13. The minimum Gasteiger partial charge on any atom is -0.506 e. The zero-order valence-corrected chi connectivity index (χ0v) is 15.6. The van der Waals surface area contributed by atoms with Crippen LogP contribution in [0, 0.1) is 11.6 Å². The van der Waals surface area contributed by atoms with Crippen molar-refractivity contribution in [2.24, 2.45) is 0 Å². The van der Waals surface area contributed by atoms with Crippen LogP contribution in [0.15, 0.2) is 66.7 Å². The van der Waals surface area contributed by atoms with Gasteiger partial charge in [0, 0.05) is 33.0 Å². The molecule has 0 aliphatic rings. The lowest BCUT2D eigenvalue weighted by atomic mass is 9.95. The topological polar surface area (TPSA) is 29.5 Å². The van der Waals surface area contributed by atoms with Crippen LogP contribution in [0.1, 0.15) is 0 Å². The molecule has 0 fully saturated rings. The molecule has 0 aliphatic heterocycles. The number of aromatic hydroxyl groups is 1. The van der Waals surface area contributed by atoms with Gasteiger partial charge in [-0.05, 0) is 12.1 Å². The van der Waals surface area contributed by atoms with Crippen LogP contribution < -0.4 is 4.74 Å². The molecule has 0 heterocycles. The number of rotatable bonds is 3. The van der Waals surface area contributed by atoms with Gasteiger partial charge in [0.15, 0.2) is 0 Å². The number of halogens is 3. The summed E-state index contributed by atoms with van der Waals surface area (Å²) in [5.41, 5.74) is 1.31. The monoisotopic (exact) mass is 396 g/mol. The minimum absolute atomic E-state index is 0.119. The molecule has 4 aromatic rings. The van der Waals surface area contributed by atoms with Gasteiger partial charge in [0.25, 0.3) is 0 Å². The van der Waals surface area contributed by atoms with E-state index in [0.717, 1.165) is 0 Å². The summed E-state index contributed by atoms with van der Waals surface area (Å²) in [4.78, 5) is 0. The van der Waals surface area contributed by atoms with Crippen molar-refractivity contribution in [1.29, 1.82) is 0 Å². The zero-order chi connectivity index (χ0) is 19.8. The molecule has 0 bridgehead atoms. The molecular formula is C23H15ClF2O2. The summed E-state index contributed by atoms with van der Waals surface area (Å²) in [6.07, 6.45) is 0. The van der Waals surface area contributed by atoms with Gasteiger partial charge in [0.1, 0.15) is 23.1 Å². The van der Waals surface area contributed by atoms with Gasteiger partial charge in [-0.2, -0.15) is 0 Å². The van der Waals surface area contributed by atoms with Crippen LogP contribution in [0.2, 0.25) is 5.02 Å². The summed E-state index contributed by atoms with van der Waals surface area (Å²) in [5.74, 6) is -0.849. The average Bonchev–Trinajstić information content (AvgIpc) is 2.71. The van der Waals surface area contributed by atoms with E-state index in [0.29, 0.717) is 16.9 Å². The molecule has 140 valence electrons. The largest absolute Gasteiger partial charge is 0.506 e. The predicted molar refractivity (Wildman–Crippen MR) is 108 cm³/mol. The Morgan fingerprint density at radius 2 is 1.29 bits per heavy atom. The fourth-order valence-corrected chi connectivity index (χ4v) is 3.52. The maximum absolute atomic E-state index is 15.2. The van der Waals surface area contributed by atoms with Crippen molar-refractivity contribution in [2.75, 3.05) is 7.11 Å². The highest BCUT2D eigenvalue weighted by molar-refractivity contribution is 6.32. The van der Waals surface area contributed by atoms with Gasteiger partial charge < -0.3 is 9.84 Å². The molecule has 0 spiro atoms. The van der Waals surface area contributed by atoms with Crippen LogP contribution in [0.25, 0.3) is 33.0 Å². The summed E-state index contributed by atoms with van der Waals surface area (Å²) in [5, 5.41) is 10.5. The van der Waals surface area contributed by atoms with Crippen molar-refractivity contribution in [3.05, 3.63) is 83.4 Å². The van der Waals surface area contributed by atoms with Crippen molar-refractivity contribution in [3.63, 3.8) is 0 Å². The van der Waals surface area contributed by atoms with E-state index in [-0.39, 0.29) is 32.7 Å². The number of hydrogen-bond donors (Lipinski definition) is 1. The summed E-state index contributed by atoms with van der Waals surface area (Å²) in [6.45, 7) is 0. The van der Waals surface area contributed by atoms with Crippen LogP contribution in [-0.2, 0) is 0 Å². The van der Waals surface area contributed by atoms with Gasteiger partial charge in [0.05, 0.1) is 12.1 Å². The third kappa shape index (κ3) is 2.86. The van der Waals surface area contributed by atoms with Crippen LogP contribution in [0.3, 0.4) is 0 Å². The van der Waals surface area contributed by atoms with Gasteiger partial charge in [-0.1, -0.05) is 66.2 Å². The van der Waals surface area contributed by atoms with E-state index in [1.807, 2.05) is 0 Å². The molecular weight excluding hydrogens is 382 g/mol. The Balaban J connectivity index is 1.93. The Bertz CT molecular complexity index is 1200. The molecule has 0 aliphatic carbocycles. The summed E-state index contributed by atoms with van der Waals surface area (Å²) in [6, 6.07) is 17.8. The molecule has 5 heteroatoms. The van der Waals surface area contributed by atoms with E-state index in [9.17, 15) is 5.11 Å². The van der Waals surface area contributed by atoms with Gasteiger partial charge in [-0.3, -0.25) is 0 Å². The lowest BCUT2D eigenvalue weighted by Crippen LogP contribution is -1.94. The lowest BCUT2D eigenvalue weighted by molar-refractivity contribution is 0.416. The normalized spacial score (nSPS) is 11.0. The highest BCUT2D eigenvalue weighted by Gasteiger charge is 2.18. The van der Waals surface area contributed by atoms with E-state index in [4.69, 9.17) is 16.3 Å². The fraction of sp³-hybridized carbons (Fsp3) is 0.0435. The summed E-state index contributed by atoms with van der Waals surface area (Å²) < 4.78 is 35.7. The molecule has 2 nitrogen and oxygen atoms in total. The number of phenols is 1. The molecule has 0 saturated heterocycles. The van der Waals surface area contributed by atoms with Crippen LogP contribution >= 0.6 is 11.6 Å². The zero-order valence-electron chi connectivity index (χ0n) is 14.8. The number of fused-ring (bicyclic) bond motifs is 1. The predicted octanol–water partition coefficient (Wildman–Crippen LogP) is 6.82. The SMILES string of the molecule is COc1ccccc1-c1ccc2c(F)c(-c3cccc(Cl)c3O)ccc2c1F. The van der Waals surface area contributed by atoms with Crippen LogP contribution in [0.4, 0.5) is 8.78 Å². The van der Waals surface area contributed by atoms with Gasteiger partial charge >= 0.3 is 0 Å². The number of methoxy groups -OCH3 is 1. The molecule has 4 aromatic carbocycles. The van der Waals surface area contributed by atoms with Gasteiger partial charge in [-0.15, -0.1) is 0 Å². The molecule has 1 N–H and O–H groups in total. The Morgan fingerprint density at radius 1 is 0.714 bits per heavy atom. The van der Waals surface area contributed by atoms with E-state index in [1.54, 1.807) is 36.4 Å². The number of hydrogen-bond acceptors (Lipinski definition) is 2. The minimum atomic E-state index is -0.624. The van der Waals surface area contributed by atoms with Crippen molar-refractivity contribution in [1.82, 2.24) is 0 Å². The van der Waals surface area contributed by atoms with Gasteiger partial charge in [0.2, 0.25) is 0 Å². The molecule has 0 aromatic heterocycles. The first-order valence-corrected chi connectivity index (χ1v) is 8.92. The first-order valence-electron chi connectivity index (χ1n) is 8.55. The summed E-state index contributed by atoms with van der Waals surface area (Å²) in [7, 11) is 1.52. The molecule has 0 atom stereocenters. The number of ether oxygens (including phenoxy) is 1. The van der Waals surface area contributed by atoms with Crippen LogP contribution in [0.5, 0.6) is 11.5 Å². The van der Waals surface area contributed by atoms with E-state index in [2.05, 4.69) is 0 Å². The summed E-state index contributed by atoms with van der Waals surface area (Å²) >= 11 is 5.93. The maximum atomic E-state index is 15.2. The highest BCUT2D eigenvalue weighted by Crippen LogP contribution is 2.40. The maximum Gasteiger partial charge on any atom is 0.142 e. The Labute approximate surface area is 165 Å².